The standard InChI is InChI=1S/C11H10F2N2/c1-3-4-15(2)11-9(12)5-8(7-14)6-10(11)13/h3,5-6H,1,4H2,2H3. The van der Waals surface area contributed by atoms with Crippen LogP contribution in [-0.2, 0) is 0 Å². The van der Waals surface area contributed by atoms with E-state index in [9.17, 15) is 8.78 Å². The van der Waals surface area contributed by atoms with E-state index in [4.69, 9.17) is 5.26 Å². The van der Waals surface area contributed by atoms with Gasteiger partial charge in [-0.3, -0.25) is 0 Å². The summed E-state index contributed by atoms with van der Waals surface area (Å²) in [6, 6.07) is 3.71. The first kappa shape index (κ1) is 11.2. The molecule has 0 aliphatic heterocycles. The highest BCUT2D eigenvalue weighted by Gasteiger charge is 2.14. The van der Waals surface area contributed by atoms with E-state index in [0.717, 1.165) is 12.1 Å². The molecule has 4 heteroatoms. The van der Waals surface area contributed by atoms with Crippen LogP contribution in [0.3, 0.4) is 0 Å². The molecule has 0 radical (unpaired) electrons. The van der Waals surface area contributed by atoms with Crippen molar-refractivity contribution in [2.45, 2.75) is 0 Å². The quantitative estimate of drug-likeness (QED) is 0.713. The lowest BCUT2D eigenvalue weighted by Gasteiger charge is -2.18. The summed E-state index contributed by atoms with van der Waals surface area (Å²) in [7, 11) is 1.55. The normalized spacial score (nSPS) is 9.47. The van der Waals surface area contributed by atoms with E-state index in [1.807, 2.05) is 0 Å². The molecule has 0 saturated carbocycles. The van der Waals surface area contributed by atoms with E-state index < -0.39 is 11.6 Å². The van der Waals surface area contributed by atoms with Crippen LogP contribution in [0.2, 0.25) is 0 Å². The average Bonchev–Trinajstić information content (AvgIpc) is 2.16. The maximum Gasteiger partial charge on any atom is 0.150 e. The molecule has 0 N–H and O–H groups in total. The Hall–Kier alpha value is -1.89. The van der Waals surface area contributed by atoms with Crippen LogP contribution in [-0.4, -0.2) is 13.6 Å². The Morgan fingerprint density at radius 1 is 1.47 bits per heavy atom. The van der Waals surface area contributed by atoms with E-state index in [1.54, 1.807) is 13.1 Å². The average molecular weight is 208 g/mol. The summed E-state index contributed by atoms with van der Waals surface area (Å²) in [4.78, 5) is 1.39. The zero-order chi connectivity index (χ0) is 11.4. The van der Waals surface area contributed by atoms with Crippen LogP contribution in [0, 0.1) is 23.0 Å². The molecule has 0 fully saturated rings. The zero-order valence-corrected chi connectivity index (χ0v) is 8.30. The van der Waals surface area contributed by atoms with Crippen LogP contribution >= 0.6 is 0 Å². The van der Waals surface area contributed by atoms with Gasteiger partial charge in [-0.2, -0.15) is 5.26 Å². The third-order valence-electron chi connectivity index (χ3n) is 1.93. The SMILES string of the molecule is C=CCN(C)c1c(F)cc(C#N)cc1F. The number of nitrogens with zero attached hydrogens (tertiary/aromatic N) is 2. The van der Waals surface area contributed by atoms with E-state index >= 15 is 0 Å². The monoisotopic (exact) mass is 208 g/mol. The summed E-state index contributed by atoms with van der Waals surface area (Å²) < 4.78 is 26.8. The third-order valence-corrected chi connectivity index (χ3v) is 1.93. The van der Waals surface area contributed by atoms with Crippen LogP contribution in [0.25, 0.3) is 0 Å². The van der Waals surface area contributed by atoms with Crippen molar-refractivity contribution in [1.82, 2.24) is 0 Å². The first-order valence-corrected chi connectivity index (χ1v) is 4.31. The molecule has 0 spiro atoms. The number of rotatable bonds is 3. The Balaban J connectivity index is 3.20. The molecule has 0 unspecified atom stereocenters. The molecular formula is C11H10F2N2. The molecule has 1 aromatic carbocycles. The van der Waals surface area contributed by atoms with Gasteiger partial charge in [0.25, 0.3) is 0 Å². The molecule has 0 amide bonds. The van der Waals surface area contributed by atoms with E-state index in [1.165, 1.54) is 11.0 Å². The third kappa shape index (κ3) is 2.32. The van der Waals surface area contributed by atoms with Crippen molar-refractivity contribution in [3.05, 3.63) is 42.0 Å². The van der Waals surface area contributed by atoms with Crippen molar-refractivity contribution in [3.8, 4) is 6.07 Å². The number of anilines is 1. The van der Waals surface area contributed by atoms with Gasteiger partial charge in [0.15, 0.2) is 11.6 Å². The number of hydrogen-bond acceptors (Lipinski definition) is 2. The van der Waals surface area contributed by atoms with Crippen LogP contribution < -0.4 is 4.90 Å². The number of nitriles is 1. The fourth-order valence-electron chi connectivity index (χ4n) is 1.28. The minimum absolute atomic E-state index is 0.0271. The van der Waals surface area contributed by atoms with E-state index in [2.05, 4.69) is 6.58 Å². The van der Waals surface area contributed by atoms with Crippen molar-refractivity contribution in [3.63, 3.8) is 0 Å². The molecule has 15 heavy (non-hydrogen) atoms. The van der Waals surface area contributed by atoms with Crippen molar-refractivity contribution in [1.29, 1.82) is 5.26 Å². The first-order chi connectivity index (χ1) is 7.10. The van der Waals surface area contributed by atoms with Gasteiger partial charge in [-0.05, 0) is 12.1 Å². The minimum Gasteiger partial charge on any atom is -0.366 e. The Bertz CT molecular complexity index is 398. The van der Waals surface area contributed by atoms with Crippen molar-refractivity contribution < 1.29 is 8.78 Å². The van der Waals surface area contributed by atoms with Gasteiger partial charge >= 0.3 is 0 Å². The lowest BCUT2D eigenvalue weighted by Crippen LogP contribution is -2.19. The molecule has 0 aliphatic rings. The summed E-state index contributed by atoms with van der Waals surface area (Å²) in [5, 5.41) is 8.51. The van der Waals surface area contributed by atoms with Gasteiger partial charge in [0.2, 0.25) is 0 Å². The fraction of sp³-hybridized carbons (Fsp3) is 0.182. The smallest absolute Gasteiger partial charge is 0.150 e. The molecule has 0 heterocycles. The Morgan fingerprint density at radius 2 is 2.00 bits per heavy atom. The Labute approximate surface area is 87.0 Å². The summed E-state index contributed by atoms with van der Waals surface area (Å²) in [6.07, 6.45) is 1.54. The van der Waals surface area contributed by atoms with Crippen LogP contribution in [0.15, 0.2) is 24.8 Å². The number of halogens is 2. The summed E-state index contributed by atoms with van der Waals surface area (Å²) >= 11 is 0. The van der Waals surface area contributed by atoms with Gasteiger partial charge in [-0.1, -0.05) is 6.08 Å². The summed E-state index contributed by atoms with van der Waals surface area (Å²) in [5.74, 6) is -1.48. The summed E-state index contributed by atoms with van der Waals surface area (Å²) in [5.41, 5.74) is -0.172. The minimum atomic E-state index is -0.740. The zero-order valence-electron chi connectivity index (χ0n) is 8.30. The van der Waals surface area contributed by atoms with Gasteiger partial charge in [0.1, 0.15) is 5.69 Å². The molecule has 2 nitrogen and oxygen atoms in total. The highest BCUT2D eigenvalue weighted by atomic mass is 19.1. The van der Waals surface area contributed by atoms with Crippen molar-refractivity contribution in [2.24, 2.45) is 0 Å². The van der Waals surface area contributed by atoms with E-state index in [-0.39, 0.29) is 11.3 Å². The Morgan fingerprint density at radius 3 is 2.40 bits per heavy atom. The topological polar surface area (TPSA) is 27.0 Å². The number of likely N-dealkylation sites (N-methyl/N-ethyl adjacent to an activating group) is 1. The number of benzene rings is 1. The highest BCUT2D eigenvalue weighted by molar-refractivity contribution is 5.52. The van der Waals surface area contributed by atoms with Crippen molar-refractivity contribution >= 4 is 5.69 Å². The van der Waals surface area contributed by atoms with Crippen LogP contribution in [0.1, 0.15) is 5.56 Å². The van der Waals surface area contributed by atoms with Crippen LogP contribution in [0.4, 0.5) is 14.5 Å². The second-order valence-corrected chi connectivity index (χ2v) is 3.07. The molecule has 0 aliphatic carbocycles. The maximum atomic E-state index is 13.4. The molecule has 0 saturated heterocycles. The predicted octanol–water partition coefficient (Wildman–Crippen LogP) is 2.46. The summed E-state index contributed by atoms with van der Waals surface area (Å²) in [6.45, 7) is 3.81. The largest absolute Gasteiger partial charge is 0.366 e. The van der Waals surface area contributed by atoms with E-state index in [0.29, 0.717) is 6.54 Å². The molecule has 0 aromatic heterocycles. The lowest BCUT2D eigenvalue weighted by molar-refractivity contribution is 0.579. The van der Waals surface area contributed by atoms with Crippen molar-refractivity contribution in [2.75, 3.05) is 18.5 Å². The first-order valence-electron chi connectivity index (χ1n) is 4.31. The highest BCUT2D eigenvalue weighted by Crippen LogP contribution is 2.23. The second kappa shape index (κ2) is 4.56. The second-order valence-electron chi connectivity index (χ2n) is 3.07. The molecule has 1 aromatic rings. The van der Waals surface area contributed by atoms with Crippen LogP contribution in [0.5, 0.6) is 0 Å². The molecular weight excluding hydrogens is 198 g/mol. The molecule has 78 valence electrons. The molecule has 0 bridgehead atoms. The maximum absolute atomic E-state index is 13.4. The predicted molar refractivity (Wildman–Crippen MR) is 54.5 cm³/mol. The van der Waals surface area contributed by atoms with Gasteiger partial charge in [-0.15, -0.1) is 6.58 Å². The fourth-order valence-corrected chi connectivity index (χ4v) is 1.28. The molecule has 0 atom stereocenters. The van der Waals surface area contributed by atoms with Gasteiger partial charge in [-0.25, -0.2) is 8.78 Å². The van der Waals surface area contributed by atoms with Gasteiger partial charge in [0.05, 0.1) is 11.6 Å². The Kier molecular flexibility index (Phi) is 3.40. The molecule has 1 rings (SSSR count). The van der Waals surface area contributed by atoms with Gasteiger partial charge < -0.3 is 4.90 Å². The lowest BCUT2D eigenvalue weighted by atomic mass is 10.2. The van der Waals surface area contributed by atoms with Gasteiger partial charge in [0, 0.05) is 13.6 Å². The number of hydrogen-bond donors (Lipinski definition) is 0.